The van der Waals surface area contributed by atoms with Crippen LogP contribution in [0.25, 0.3) is 0 Å². The van der Waals surface area contributed by atoms with Gasteiger partial charge in [0, 0.05) is 12.5 Å². The maximum absolute atomic E-state index is 10.8. The molecule has 92 valence electrons. The van der Waals surface area contributed by atoms with Crippen molar-refractivity contribution < 1.29 is 22.4 Å². The second kappa shape index (κ2) is 4.05. The van der Waals surface area contributed by atoms with Crippen LogP contribution >= 0.6 is 0 Å². The summed E-state index contributed by atoms with van der Waals surface area (Å²) in [6.07, 6.45) is 2.85. The lowest BCUT2D eigenvalue weighted by atomic mass is 10.1. The van der Waals surface area contributed by atoms with Crippen molar-refractivity contribution in [1.29, 1.82) is 0 Å². The van der Waals surface area contributed by atoms with Gasteiger partial charge in [0.25, 0.3) is 15.9 Å². The Hall–Kier alpha value is -1.53. The molecule has 0 unspecified atom stereocenters. The summed E-state index contributed by atoms with van der Waals surface area (Å²) in [4.78, 5) is 0. The SMILES string of the molecule is CC1(c2cccc(CS(=O)(=O)O)c2)OC=CO1. The number of benzene rings is 1. The van der Waals surface area contributed by atoms with Gasteiger partial charge in [-0.05, 0) is 11.6 Å². The van der Waals surface area contributed by atoms with Crippen LogP contribution < -0.4 is 0 Å². The molecule has 17 heavy (non-hydrogen) atoms. The summed E-state index contributed by atoms with van der Waals surface area (Å²) in [5.74, 6) is -1.36. The van der Waals surface area contributed by atoms with Gasteiger partial charge in [0.15, 0.2) is 0 Å². The zero-order valence-corrected chi connectivity index (χ0v) is 9.98. The lowest BCUT2D eigenvalue weighted by Gasteiger charge is -2.23. The van der Waals surface area contributed by atoms with Gasteiger partial charge in [0.05, 0.1) is 0 Å². The quantitative estimate of drug-likeness (QED) is 0.834. The van der Waals surface area contributed by atoms with Gasteiger partial charge in [-0.3, -0.25) is 4.55 Å². The molecule has 0 fully saturated rings. The Morgan fingerprint density at radius 2 is 1.94 bits per heavy atom. The van der Waals surface area contributed by atoms with E-state index in [9.17, 15) is 8.42 Å². The highest BCUT2D eigenvalue weighted by atomic mass is 32.2. The predicted molar refractivity (Wildman–Crippen MR) is 60.4 cm³/mol. The van der Waals surface area contributed by atoms with Crippen molar-refractivity contribution in [2.45, 2.75) is 18.5 Å². The second-order valence-electron chi connectivity index (χ2n) is 3.88. The van der Waals surface area contributed by atoms with Gasteiger partial charge in [0.2, 0.25) is 0 Å². The Morgan fingerprint density at radius 3 is 2.53 bits per heavy atom. The molecule has 0 aliphatic carbocycles. The fourth-order valence-electron chi connectivity index (χ4n) is 1.63. The third-order valence-electron chi connectivity index (χ3n) is 2.44. The van der Waals surface area contributed by atoms with E-state index in [2.05, 4.69) is 0 Å². The van der Waals surface area contributed by atoms with Crippen molar-refractivity contribution in [2.24, 2.45) is 0 Å². The number of ether oxygens (including phenoxy) is 2. The van der Waals surface area contributed by atoms with Crippen LogP contribution in [0.1, 0.15) is 18.1 Å². The minimum absolute atomic E-state index is 0.426. The van der Waals surface area contributed by atoms with Crippen molar-refractivity contribution in [2.75, 3.05) is 0 Å². The minimum Gasteiger partial charge on any atom is -0.453 e. The lowest BCUT2D eigenvalue weighted by Crippen LogP contribution is -2.22. The average Bonchev–Trinajstić information content (AvgIpc) is 2.64. The molecule has 1 N–H and O–H groups in total. The monoisotopic (exact) mass is 256 g/mol. The highest BCUT2D eigenvalue weighted by Gasteiger charge is 2.32. The van der Waals surface area contributed by atoms with Crippen molar-refractivity contribution in [1.82, 2.24) is 0 Å². The molecule has 1 aliphatic rings. The number of hydrogen-bond acceptors (Lipinski definition) is 4. The average molecular weight is 256 g/mol. The van der Waals surface area contributed by atoms with Crippen LogP contribution in [-0.4, -0.2) is 13.0 Å². The van der Waals surface area contributed by atoms with Crippen LogP contribution in [0.4, 0.5) is 0 Å². The predicted octanol–water partition coefficient (Wildman–Crippen LogP) is 1.77. The topological polar surface area (TPSA) is 72.8 Å². The molecule has 6 heteroatoms. The third kappa shape index (κ3) is 2.78. The fourth-order valence-corrected chi connectivity index (χ4v) is 2.23. The van der Waals surface area contributed by atoms with Gasteiger partial charge >= 0.3 is 0 Å². The Kier molecular flexibility index (Phi) is 2.84. The molecule has 1 heterocycles. The summed E-state index contributed by atoms with van der Waals surface area (Å²) in [5.41, 5.74) is 1.16. The molecule has 0 saturated heterocycles. The molecule has 1 aromatic carbocycles. The first-order chi connectivity index (χ1) is 7.89. The highest BCUT2D eigenvalue weighted by molar-refractivity contribution is 7.85. The third-order valence-corrected chi connectivity index (χ3v) is 3.14. The van der Waals surface area contributed by atoms with E-state index < -0.39 is 21.7 Å². The summed E-state index contributed by atoms with van der Waals surface area (Å²) in [5, 5.41) is 0. The Balaban J connectivity index is 2.29. The summed E-state index contributed by atoms with van der Waals surface area (Å²) in [6.45, 7) is 1.72. The molecule has 0 saturated carbocycles. The Morgan fingerprint density at radius 1 is 1.29 bits per heavy atom. The van der Waals surface area contributed by atoms with E-state index in [1.54, 1.807) is 31.2 Å². The normalized spacial score (nSPS) is 17.5. The van der Waals surface area contributed by atoms with Crippen LogP contribution in [-0.2, 0) is 31.1 Å². The molecular formula is C11H12O5S. The summed E-state index contributed by atoms with van der Waals surface area (Å²) in [7, 11) is -4.03. The highest BCUT2D eigenvalue weighted by Crippen LogP contribution is 2.31. The molecule has 0 atom stereocenters. The van der Waals surface area contributed by atoms with E-state index in [0.29, 0.717) is 11.1 Å². The summed E-state index contributed by atoms with van der Waals surface area (Å²) in [6, 6.07) is 6.69. The minimum atomic E-state index is -4.03. The number of hydrogen-bond donors (Lipinski definition) is 1. The Bertz CT molecular complexity index is 539. The van der Waals surface area contributed by atoms with Crippen molar-refractivity contribution in [3.63, 3.8) is 0 Å². The molecule has 0 bridgehead atoms. The first-order valence-electron chi connectivity index (χ1n) is 4.94. The van der Waals surface area contributed by atoms with Gasteiger partial charge in [-0.2, -0.15) is 8.42 Å². The van der Waals surface area contributed by atoms with Crippen molar-refractivity contribution in [3.05, 3.63) is 47.9 Å². The molecule has 0 radical (unpaired) electrons. The standard InChI is InChI=1S/C11H12O5S/c1-11(15-5-6-16-11)10-4-2-3-9(7-10)8-17(12,13)14/h2-7H,8H2,1H3,(H,12,13,14). The molecule has 0 amide bonds. The molecule has 0 spiro atoms. The summed E-state index contributed by atoms with van der Waals surface area (Å²) >= 11 is 0. The van der Waals surface area contributed by atoms with E-state index in [1.807, 2.05) is 0 Å². The molecule has 2 rings (SSSR count). The summed E-state index contributed by atoms with van der Waals surface area (Å²) < 4.78 is 41.0. The zero-order chi connectivity index (χ0) is 12.5. The lowest BCUT2D eigenvalue weighted by molar-refractivity contribution is -0.133. The van der Waals surface area contributed by atoms with Gasteiger partial charge in [-0.25, -0.2) is 0 Å². The first-order valence-corrected chi connectivity index (χ1v) is 6.55. The van der Waals surface area contributed by atoms with Crippen LogP contribution in [0.5, 0.6) is 0 Å². The van der Waals surface area contributed by atoms with Gasteiger partial charge < -0.3 is 9.47 Å². The zero-order valence-electron chi connectivity index (χ0n) is 9.16. The maximum atomic E-state index is 10.8. The van der Waals surface area contributed by atoms with Gasteiger partial charge in [-0.15, -0.1) is 0 Å². The largest absolute Gasteiger partial charge is 0.453 e. The molecule has 1 aromatic rings. The maximum Gasteiger partial charge on any atom is 0.273 e. The van der Waals surface area contributed by atoms with E-state index in [4.69, 9.17) is 14.0 Å². The second-order valence-corrected chi connectivity index (χ2v) is 5.33. The fraction of sp³-hybridized carbons (Fsp3) is 0.273. The first kappa shape index (κ1) is 11.9. The van der Waals surface area contributed by atoms with Gasteiger partial charge in [0.1, 0.15) is 18.3 Å². The van der Waals surface area contributed by atoms with E-state index >= 15 is 0 Å². The van der Waals surface area contributed by atoms with Crippen molar-refractivity contribution >= 4 is 10.1 Å². The smallest absolute Gasteiger partial charge is 0.273 e. The Labute approximate surface area is 99.4 Å². The molecule has 1 aliphatic heterocycles. The van der Waals surface area contributed by atoms with E-state index in [1.165, 1.54) is 12.5 Å². The molecule has 5 nitrogen and oxygen atoms in total. The van der Waals surface area contributed by atoms with Crippen LogP contribution in [0.2, 0.25) is 0 Å². The van der Waals surface area contributed by atoms with Crippen LogP contribution in [0, 0.1) is 0 Å². The van der Waals surface area contributed by atoms with Gasteiger partial charge in [-0.1, -0.05) is 18.2 Å². The number of rotatable bonds is 3. The molecule has 0 aromatic heterocycles. The van der Waals surface area contributed by atoms with E-state index in [0.717, 1.165) is 0 Å². The van der Waals surface area contributed by atoms with Crippen molar-refractivity contribution in [3.8, 4) is 0 Å². The van der Waals surface area contributed by atoms with Crippen LogP contribution in [0.15, 0.2) is 36.8 Å². The molecular weight excluding hydrogens is 244 g/mol. The van der Waals surface area contributed by atoms with E-state index in [-0.39, 0.29) is 0 Å². The van der Waals surface area contributed by atoms with Crippen LogP contribution in [0.3, 0.4) is 0 Å².